The molecule has 0 radical (unpaired) electrons. The minimum Gasteiger partial charge on any atom is -0.493 e. The van der Waals surface area contributed by atoms with Crippen molar-refractivity contribution in [1.29, 1.82) is 5.26 Å². The number of non-ortho nitro benzene ring substituents is 1. The summed E-state index contributed by atoms with van der Waals surface area (Å²) in [6, 6.07) is 12.6. The second kappa shape index (κ2) is 11.1. The molecular weight excluding hydrogens is 543 g/mol. The SMILES string of the molecule is COc1cc(/C=C(/C#N)C(=O)Nc2ccc(F)cc2)cc(Br)c1Oc1ccc([N+](=O)[O-])cc1[N+](=O)[O-]. The van der Waals surface area contributed by atoms with Gasteiger partial charge in [-0.2, -0.15) is 5.26 Å². The van der Waals surface area contributed by atoms with Crippen LogP contribution in [0.15, 0.2) is 64.6 Å². The third-order valence-corrected chi connectivity index (χ3v) is 5.18. The molecule has 13 heteroatoms. The Hall–Kier alpha value is -4.83. The fourth-order valence-electron chi connectivity index (χ4n) is 2.93. The van der Waals surface area contributed by atoms with Gasteiger partial charge in [-0.15, -0.1) is 0 Å². The van der Waals surface area contributed by atoms with Gasteiger partial charge in [-0.1, -0.05) is 0 Å². The Labute approximate surface area is 210 Å². The van der Waals surface area contributed by atoms with Crippen LogP contribution < -0.4 is 14.8 Å². The number of methoxy groups -OCH3 is 1. The predicted octanol–water partition coefficient (Wildman–Crippen LogP) is 5.75. The largest absolute Gasteiger partial charge is 0.493 e. The van der Waals surface area contributed by atoms with Crippen molar-refractivity contribution < 1.29 is 28.5 Å². The average molecular weight is 557 g/mol. The molecule has 1 amide bonds. The van der Waals surface area contributed by atoms with Gasteiger partial charge in [-0.3, -0.25) is 25.0 Å². The van der Waals surface area contributed by atoms with Crippen LogP contribution in [0.25, 0.3) is 6.08 Å². The highest BCUT2D eigenvalue weighted by Crippen LogP contribution is 2.43. The van der Waals surface area contributed by atoms with Crippen LogP contribution in [0.5, 0.6) is 17.2 Å². The van der Waals surface area contributed by atoms with Crippen molar-refractivity contribution in [3.8, 4) is 23.3 Å². The van der Waals surface area contributed by atoms with Crippen LogP contribution in [-0.2, 0) is 4.79 Å². The molecule has 11 nitrogen and oxygen atoms in total. The van der Waals surface area contributed by atoms with Gasteiger partial charge >= 0.3 is 5.69 Å². The molecule has 0 fully saturated rings. The van der Waals surface area contributed by atoms with Crippen molar-refractivity contribution in [2.75, 3.05) is 12.4 Å². The maximum atomic E-state index is 13.1. The molecule has 0 saturated heterocycles. The number of nitrogens with zero attached hydrogens (tertiary/aromatic N) is 3. The summed E-state index contributed by atoms with van der Waals surface area (Å²) in [5.74, 6) is -1.40. The van der Waals surface area contributed by atoms with Gasteiger partial charge in [0, 0.05) is 11.8 Å². The zero-order chi connectivity index (χ0) is 26.4. The maximum absolute atomic E-state index is 13.1. The number of anilines is 1. The number of hydrogen-bond acceptors (Lipinski definition) is 8. The lowest BCUT2D eigenvalue weighted by Crippen LogP contribution is -2.13. The lowest BCUT2D eigenvalue weighted by Gasteiger charge is -2.13. The van der Waals surface area contributed by atoms with E-state index in [-0.39, 0.29) is 33.0 Å². The quantitative estimate of drug-likeness (QED) is 0.159. The van der Waals surface area contributed by atoms with Crippen molar-refractivity contribution in [2.24, 2.45) is 0 Å². The van der Waals surface area contributed by atoms with Crippen LogP contribution in [0, 0.1) is 37.4 Å². The molecule has 36 heavy (non-hydrogen) atoms. The number of halogens is 2. The number of carbonyl (C=O) groups is 1. The summed E-state index contributed by atoms with van der Waals surface area (Å²) in [5.41, 5.74) is -0.757. The van der Waals surface area contributed by atoms with E-state index in [0.717, 1.165) is 30.3 Å². The molecule has 0 unspecified atom stereocenters. The molecule has 3 aromatic rings. The van der Waals surface area contributed by atoms with Gasteiger partial charge in [0.05, 0.1) is 27.5 Å². The lowest BCUT2D eigenvalue weighted by molar-refractivity contribution is -0.394. The number of benzene rings is 3. The van der Waals surface area contributed by atoms with Crippen LogP contribution in [0.4, 0.5) is 21.5 Å². The van der Waals surface area contributed by atoms with E-state index in [2.05, 4.69) is 21.2 Å². The van der Waals surface area contributed by atoms with Gasteiger partial charge in [-0.25, -0.2) is 4.39 Å². The molecular formula is C23H14BrFN4O7. The number of nitro groups is 2. The Bertz CT molecular complexity index is 1440. The second-order valence-electron chi connectivity index (χ2n) is 6.93. The molecule has 0 aliphatic heterocycles. The summed E-state index contributed by atoms with van der Waals surface area (Å²) >= 11 is 3.27. The minimum atomic E-state index is -0.821. The molecule has 0 aliphatic rings. The molecule has 0 heterocycles. The molecule has 3 rings (SSSR count). The van der Waals surface area contributed by atoms with Crippen LogP contribution in [0.2, 0.25) is 0 Å². The van der Waals surface area contributed by atoms with E-state index in [1.54, 1.807) is 6.07 Å². The van der Waals surface area contributed by atoms with Crippen molar-refractivity contribution in [2.45, 2.75) is 0 Å². The number of carbonyl (C=O) groups excluding carboxylic acids is 1. The summed E-state index contributed by atoms with van der Waals surface area (Å²) < 4.78 is 24.3. The Morgan fingerprint density at radius 1 is 1.08 bits per heavy atom. The zero-order valence-corrected chi connectivity index (χ0v) is 19.8. The van der Waals surface area contributed by atoms with Gasteiger partial charge in [-0.05, 0) is 70.0 Å². The van der Waals surface area contributed by atoms with E-state index in [4.69, 9.17) is 9.47 Å². The topological polar surface area (TPSA) is 158 Å². The first-order valence-corrected chi connectivity index (χ1v) is 10.6. The number of nitrogens with one attached hydrogen (secondary N) is 1. The summed E-state index contributed by atoms with van der Waals surface area (Å²) in [5, 5.41) is 34.3. The highest BCUT2D eigenvalue weighted by atomic mass is 79.9. The second-order valence-corrected chi connectivity index (χ2v) is 7.79. The monoisotopic (exact) mass is 556 g/mol. The van der Waals surface area contributed by atoms with Gasteiger partial charge in [0.2, 0.25) is 5.75 Å². The number of rotatable bonds is 8. The summed E-state index contributed by atoms with van der Waals surface area (Å²) in [4.78, 5) is 33.3. The smallest absolute Gasteiger partial charge is 0.318 e. The summed E-state index contributed by atoms with van der Waals surface area (Å²) in [6.45, 7) is 0. The number of amides is 1. The average Bonchev–Trinajstić information content (AvgIpc) is 2.85. The molecule has 182 valence electrons. The lowest BCUT2D eigenvalue weighted by atomic mass is 10.1. The first-order valence-electron chi connectivity index (χ1n) is 9.80. The maximum Gasteiger partial charge on any atom is 0.318 e. The number of nitro benzene ring substituents is 2. The molecule has 0 saturated carbocycles. The molecule has 0 atom stereocenters. The van der Waals surface area contributed by atoms with Crippen LogP contribution in [0.3, 0.4) is 0 Å². The number of nitriles is 1. The van der Waals surface area contributed by atoms with Gasteiger partial charge in [0.15, 0.2) is 11.5 Å². The highest BCUT2D eigenvalue weighted by molar-refractivity contribution is 9.10. The van der Waals surface area contributed by atoms with E-state index in [9.17, 15) is 34.7 Å². The van der Waals surface area contributed by atoms with Gasteiger partial charge < -0.3 is 14.8 Å². The Balaban J connectivity index is 1.94. The van der Waals surface area contributed by atoms with E-state index in [1.807, 2.05) is 0 Å². The van der Waals surface area contributed by atoms with E-state index in [0.29, 0.717) is 5.56 Å². The summed E-state index contributed by atoms with van der Waals surface area (Å²) in [6.07, 6.45) is 1.27. The van der Waals surface area contributed by atoms with Crippen molar-refractivity contribution >= 4 is 45.0 Å². The molecule has 0 aromatic heterocycles. The van der Waals surface area contributed by atoms with Gasteiger partial charge in [0.1, 0.15) is 17.5 Å². The summed E-state index contributed by atoms with van der Waals surface area (Å²) in [7, 11) is 1.30. The Morgan fingerprint density at radius 3 is 2.36 bits per heavy atom. The van der Waals surface area contributed by atoms with Crippen LogP contribution >= 0.6 is 15.9 Å². The molecule has 1 N–H and O–H groups in total. The Morgan fingerprint density at radius 2 is 1.78 bits per heavy atom. The van der Waals surface area contributed by atoms with Crippen molar-refractivity contribution in [3.05, 3.63) is 96.3 Å². The van der Waals surface area contributed by atoms with Gasteiger partial charge in [0.25, 0.3) is 11.6 Å². The van der Waals surface area contributed by atoms with E-state index < -0.39 is 32.9 Å². The molecule has 0 bridgehead atoms. The standard InChI is InChI=1S/C23H14BrFN4O7/c1-35-21-10-13(8-14(12-26)23(30)27-16-4-2-15(25)3-5-16)9-18(24)22(21)36-20-7-6-17(28(31)32)11-19(20)29(33)34/h2-11H,1H3,(H,27,30)/b14-8-. The van der Waals surface area contributed by atoms with E-state index >= 15 is 0 Å². The predicted molar refractivity (Wildman–Crippen MR) is 129 cm³/mol. The Kier molecular flexibility index (Phi) is 7.92. The molecule has 0 spiro atoms. The fourth-order valence-corrected chi connectivity index (χ4v) is 3.47. The minimum absolute atomic E-state index is 0.0147. The van der Waals surface area contributed by atoms with Crippen molar-refractivity contribution in [3.63, 3.8) is 0 Å². The first kappa shape index (κ1) is 25.8. The fraction of sp³-hybridized carbons (Fsp3) is 0.0435. The van der Waals surface area contributed by atoms with Crippen LogP contribution in [-0.4, -0.2) is 22.9 Å². The number of hydrogen-bond donors (Lipinski definition) is 1. The molecule has 3 aromatic carbocycles. The number of ether oxygens (including phenoxy) is 2. The first-order chi connectivity index (χ1) is 17.1. The van der Waals surface area contributed by atoms with E-state index in [1.165, 1.54) is 37.5 Å². The highest BCUT2D eigenvalue weighted by Gasteiger charge is 2.23. The third-order valence-electron chi connectivity index (χ3n) is 4.59. The van der Waals surface area contributed by atoms with Crippen molar-refractivity contribution in [1.82, 2.24) is 0 Å². The zero-order valence-electron chi connectivity index (χ0n) is 18.2. The molecule has 0 aliphatic carbocycles. The van der Waals surface area contributed by atoms with Crippen LogP contribution in [0.1, 0.15) is 5.56 Å². The normalized spacial score (nSPS) is 10.8. The third kappa shape index (κ3) is 5.99.